The normalized spacial score (nSPS) is 10.7. The minimum Gasteiger partial charge on any atom is -0.493 e. The molecule has 0 unspecified atom stereocenters. The first-order valence-corrected chi connectivity index (χ1v) is 8.20. The van der Waals surface area contributed by atoms with Crippen molar-refractivity contribution >= 4 is 44.0 Å². The lowest BCUT2D eigenvalue weighted by molar-refractivity contribution is 0.0955. The molecule has 22 heavy (non-hydrogen) atoms. The van der Waals surface area contributed by atoms with Crippen molar-refractivity contribution in [1.82, 2.24) is 5.43 Å². The number of rotatable bonds is 5. The molecule has 0 saturated heterocycles. The fraction of sp³-hybridized carbons (Fsp3) is 0.125. The smallest absolute Gasteiger partial charge is 0.271 e. The van der Waals surface area contributed by atoms with Gasteiger partial charge in [0, 0.05) is 20.1 Å². The van der Waals surface area contributed by atoms with E-state index in [9.17, 15) is 4.79 Å². The molecule has 0 aromatic heterocycles. The van der Waals surface area contributed by atoms with Crippen LogP contribution in [0.2, 0.25) is 0 Å². The molecule has 1 N–H and O–H groups in total. The second-order valence-corrected chi connectivity index (χ2v) is 6.16. The van der Waals surface area contributed by atoms with Gasteiger partial charge in [-0.05, 0) is 43.3 Å². The predicted molar refractivity (Wildman–Crippen MR) is 94.5 cm³/mol. The number of nitrogens with one attached hydrogen (secondary N) is 1. The zero-order valence-corrected chi connectivity index (χ0v) is 15.0. The molecule has 6 heteroatoms. The second-order valence-electron chi connectivity index (χ2n) is 4.32. The molecule has 1 amide bonds. The van der Waals surface area contributed by atoms with Crippen molar-refractivity contribution in [3.05, 3.63) is 62.5 Å². The quantitative estimate of drug-likeness (QED) is 0.571. The number of benzene rings is 2. The Bertz CT molecular complexity index is 702. The maximum atomic E-state index is 12.0. The fourth-order valence-electron chi connectivity index (χ4n) is 1.76. The van der Waals surface area contributed by atoms with Crippen LogP contribution in [0.15, 0.2) is 56.5 Å². The summed E-state index contributed by atoms with van der Waals surface area (Å²) in [5.41, 5.74) is 3.82. The highest BCUT2D eigenvalue weighted by molar-refractivity contribution is 9.10. The van der Waals surface area contributed by atoms with Crippen LogP contribution in [0.5, 0.6) is 5.75 Å². The third-order valence-electron chi connectivity index (χ3n) is 2.73. The number of halogens is 2. The van der Waals surface area contributed by atoms with E-state index < -0.39 is 0 Å². The maximum absolute atomic E-state index is 12.0. The van der Waals surface area contributed by atoms with E-state index in [-0.39, 0.29) is 5.91 Å². The standard InChI is InChI=1S/C16H14Br2N2O2/c1-2-22-15-7-6-14(18)9-12(15)10-19-20-16(21)11-4-3-5-13(17)8-11/h3-10H,2H2,1H3,(H,20,21)/b19-10-. The summed E-state index contributed by atoms with van der Waals surface area (Å²) in [5, 5.41) is 3.99. The summed E-state index contributed by atoms with van der Waals surface area (Å²) in [4.78, 5) is 12.0. The molecule has 0 heterocycles. The summed E-state index contributed by atoms with van der Waals surface area (Å²) in [7, 11) is 0. The molecule has 0 bridgehead atoms. The molecule has 2 rings (SSSR count). The van der Waals surface area contributed by atoms with Crippen molar-refractivity contribution in [2.45, 2.75) is 6.92 Å². The van der Waals surface area contributed by atoms with Gasteiger partial charge in [0.05, 0.1) is 12.8 Å². The Balaban J connectivity index is 2.09. The van der Waals surface area contributed by atoms with Crippen LogP contribution in [-0.4, -0.2) is 18.7 Å². The van der Waals surface area contributed by atoms with Crippen molar-refractivity contribution < 1.29 is 9.53 Å². The highest BCUT2D eigenvalue weighted by atomic mass is 79.9. The van der Waals surface area contributed by atoms with Crippen molar-refractivity contribution in [3.8, 4) is 5.75 Å². The van der Waals surface area contributed by atoms with Gasteiger partial charge < -0.3 is 4.74 Å². The number of carbonyl (C=O) groups excluding carboxylic acids is 1. The van der Waals surface area contributed by atoms with Gasteiger partial charge in [-0.25, -0.2) is 5.43 Å². The van der Waals surface area contributed by atoms with Gasteiger partial charge in [-0.3, -0.25) is 4.79 Å². The third-order valence-corrected chi connectivity index (χ3v) is 3.71. The molecular weight excluding hydrogens is 412 g/mol. The van der Waals surface area contributed by atoms with Gasteiger partial charge in [0.2, 0.25) is 0 Å². The maximum Gasteiger partial charge on any atom is 0.271 e. The molecule has 0 aliphatic rings. The number of hydrogen-bond donors (Lipinski definition) is 1. The Kier molecular flexibility index (Phi) is 6.15. The zero-order chi connectivity index (χ0) is 15.9. The van der Waals surface area contributed by atoms with E-state index in [2.05, 4.69) is 42.4 Å². The van der Waals surface area contributed by atoms with E-state index in [0.717, 1.165) is 14.5 Å². The number of carbonyl (C=O) groups is 1. The minimum absolute atomic E-state index is 0.273. The van der Waals surface area contributed by atoms with Crippen LogP contribution in [0.3, 0.4) is 0 Å². The van der Waals surface area contributed by atoms with Gasteiger partial charge in [-0.15, -0.1) is 0 Å². The number of hydrazone groups is 1. The number of amides is 1. The Morgan fingerprint density at radius 1 is 1.23 bits per heavy atom. The van der Waals surface area contributed by atoms with Gasteiger partial charge in [0.15, 0.2) is 0 Å². The summed E-state index contributed by atoms with van der Waals surface area (Å²) < 4.78 is 7.27. The second kappa shape index (κ2) is 8.10. The first-order chi connectivity index (χ1) is 10.6. The Morgan fingerprint density at radius 3 is 2.73 bits per heavy atom. The van der Waals surface area contributed by atoms with E-state index in [4.69, 9.17) is 4.74 Å². The summed E-state index contributed by atoms with van der Waals surface area (Å²) in [6.07, 6.45) is 1.56. The van der Waals surface area contributed by atoms with Crippen molar-refractivity contribution in [3.63, 3.8) is 0 Å². The van der Waals surface area contributed by atoms with E-state index in [0.29, 0.717) is 17.9 Å². The molecule has 4 nitrogen and oxygen atoms in total. The number of hydrogen-bond acceptors (Lipinski definition) is 3. The first-order valence-electron chi connectivity index (χ1n) is 6.61. The van der Waals surface area contributed by atoms with Gasteiger partial charge in [-0.1, -0.05) is 37.9 Å². The molecule has 0 aliphatic carbocycles. The highest BCUT2D eigenvalue weighted by Crippen LogP contribution is 2.21. The van der Waals surface area contributed by atoms with Gasteiger partial charge in [0.25, 0.3) is 5.91 Å². The molecule has 0 fully saturated rings. The van der Waals surface area contributed by atoms with E-state index in [1.807, 2.05) is 31.2 Å². The van der Waals surface area contributed by atoms with Crippen LogP contribution in [0.1, 0.15) is 22.8 Å². The molecule has 2 aromatic carbocycles. The summed E-state index contributed by atoms with van der Waals surface area (Å²) >= 11 is 6.73. The van der Waals surface area contributed by atoms with Crippen LogP contribution >= 0.6 is 31.9 Å². The van der Waals surface area contributed by atoms with Crippen LogP contribution in [0.4, 0.5) is 0 Å². The van der Waals surface area contributed by atoms with Crippen molar-refractivity contribution in [2.75, 3.05) is 6.61 Å². The average Bonchev–Trinajstić information content (AvgIpc) is 2.50. The minimum atomic E-state index is -0.273. The molecule has 0 atom stereocenters. The van der Waals surface area contributed by atoms with E-state index >= 15 is 0 Å². The summed E-state index contributed by atoms with van der Waals surface area (Å²) in [6.45, 7) is 2.48. The van der Waals surface area contributed by atoms with Crippen LogP contribution in [-0.2, 0) is 0 Å². The van der Waals surface area contributed by atoms with Crippen LogP contribution in [0, 0.1) is 0 Å². The zero-order valence-electron chi connectivity index (χ0n) is 11.8. The Hall–Kier alpha value is -1.66. The molecule has 114 valence electrons. The predicted octanol–water partition coefficient (Wildman–Crippen LogP) is 4.37. The molecule has 0 aliphatic heterocycles. The fourth-order valence-corrected chi connectivity index (χ4v) is 2.54. The summed E-state index contributed by atoms with van der Waals surface area (Å²) in [6, 6.07) is 12.7. The average molecular weight is 426 g/mol. The third kappa shape index (κ3) is 4.68. The highest BCUT2D eigenvalue weighted by Gasteiger charge is 2.05. The lowest BCUT2D eigenvalue weighted by atomic mass is 10.2. The van der Waals surface area contributed by atoms with E-state index in [1.165, 1.54) is 0 Å². The largest absolute Gasteiger partial charge is 0.493 e. The monoisotopic (exact) mass is 424 g/mol. The topological polar surface area (TPSA) is 50.7 Å². The summed E-state index contributed by atoms with van der Waals surface area (Å²) in [5.74, 6) is 0.441. The molecule has 0 radical (unpaired) electrons. The Labute approximate surface area is 145 Å². The molecule has 0 saturated carbocycles. The molecule has 0 spiro atoms. The molecule has 2 aromatic rings. The Morgan fingerprint density at radius 2 is 2.00 bits per heavy atom. The lowest BCUT2D eigenvalue weighted by Gasteiger charge is -2.07. The van der Waals surface area contributed by atoms with Crippen LogP contribution in [0.25, 0.3) is 0 Å². The van der Waals surface area contributed by atoms with Gasteiger partial charge in [-0.2, -0.15) is 5.10 Å². The van der Waals surface area contributed by atoms with Gasteiger partial charge in [0.1, 0.15) is 5.75 Å². The van der Waals surface area contributed by atoms with E-state index in [1.54, 1.807) is 24.4 Å². The molecular formula is C16H14Br2N2O2. The van der Waals surface area contributed by atoms with Crippen LogP contribution < -0.4 is 10.2 Å². The first kappa shape index (κ1) is 16.7. The van der Waals surface area contributed by atoms with Gasteiger partial charge >= 0.3 is 0 Å². The van der Waals surface area contributed by atoms with Crippen molar-refractivity contribution in [2.24, 2.45) is 5.10 Å². The van der Waals surface area contributed by atoms with Crippen molar-refractivity contribution in [1.29, 1.82) is 0 Å². The lowest BCUT2D eigenvalue weighted by Crippen LogP contribution is -2.17. The number of ether oxygens (including phenoxy) is 1. The number of nitrogens with zero attached hydrogens (tertiary/aromatic N) is 1. The SMILES string of the molecule is CCOc1ccc(Br)cc1/C=N\NC(=O)c1cccc(Br)c1.